The molecule has 3 atom stereocenters. The number of hydrogen-bond acceptors (Lipinski definition) is 3. The molecule has 106 valence electrons. The molecule has 0 radical (unpaired) electrons. The van der Waals surface area contributed by atoms with Crippen LogP contribution in [0.5, 0.6) is 0 Å². The lowest BCUT2D eigenvalue weighted by Gasteiger charge is -2.23. The molecular formula is C13H20N2O4. The lowest BCUT2D eigenvalue weighted by atomic mass is 9.95. The van der Waals surface area contributed by atoms with Gasteiger partial charge in [0.05, 0.1) is 11.8 Å². The molecular weight excluding hydrogens is 248 g/mol. The summed E-state index contributed by atoms with van der Waals surface area (Å²) in [5.74, 6) is -1.31. The highest BCUT2D eigenvalue weighted by atomic mass is 16.4. The Bertz CT molecular complexity index is 373. The quantitative estimate of drug-likeness (QED) is 0.675. The average molecular weight is 268 g/mol. The Morgan fingerprint density at radius 2 is 2.11 bits per heavy atom. The first-order chi connectivity index (χ1) is 9.08. The topological polar surface area (TPSA) is 95.5 Å². The van der Waals surface area contributed by atoms with Gasteiger partial charge in [-0.2, -0.15) is 0 Å². The molecule has 1 saturated carbocycles. The zero-order chi connectivity index (χ0) is 13.8. The summed E-state index contributed by atoms with van der Waals surface area (Å²) in [5.41, 5.74) is 0. The lowest BCUT2D eigenvalue weighted by Crippen LogP contribution is -2.44. The Morgan fingerprint density at radius 1 is 1.32 bits per heavy atom. The molecule has 6 heteroatoms. The number of carboxylic acids is 1. The van der Waals surface area contributed by atoms with Crippen LogP contribution >= 0.6 is 0 Å². The number of piperidine rings is 1. The molecule has 6 nitrogen and oxygen atoms in total. The van der Waals surface area contributed by atoms with Gasteiger partial charge in [-0.1, -0.05) is 6.42 Å². The molecule has 1 aliphatic carbocycles. The Balaban J connectivity index is 1.77. The summed E-state index contributed by atoms with van der Waals surface area (Å²) < 4.78 is 0. The van der Waals surface area contributed by atoms with Crippen LogP contribution in [0.2, 0.25) is 0 Å². The molecule has 0 aromatic rings. The SMILES string of the molecule is O=C1CCC(C(=O)NCC2CCCC2C(=O)O)CN1. The van der Waals surface area contributed by atoms with Crippen LogP contribution in [0.15, 0.2) is 0 Å². The zero-order valence-corrected chi connectivity index (χ0v) is 10.9. The van der Waals surface area contributed by atoms with E-state index in [-0.39, 0.29) is 29.6 Å². The van der Waals surface area contributed by atoms with Crippen LogP contribution in [0.25, 0.3) is 0 Å². The Kier molecular flexibility index (Phi) is 4.39. The first-order valence-corrected chi connectivity index (χ1v) is 6.85. The van der Waals surface area contributed by atoms with Crippen molar-refractivity contribution in [1.29, 1.82) is 0 Å². The highest BCUT2D eigenvalue weighted by Crippen LogP contribution is 2.31. The number of carbonyl (C=O) groups excluding carboxylic acids is 2. The molecule has 0 aromatic carbocycles. The number of carbonyl (C=O) groups is 3. The molecule has 2 aliphatic rings. The second kappa shape index (κ2) is 6.04. The van der Waals surface area contributed by atoms with Crippen molar-refractivity contribution in [1.82, 2.24) is 10.6 Å². The van der Waals surface area contributed by atoms with Crippen LogP contribution < -0.4 is 10.6 Å². The van der Waals surface area contributed by atoms with Gasteiger partial charge in [-0.3, -0.25) is 14.4 Å². The largest absolute Gasteiger partial charge is 0.481 e. The maximum absolute atomic E-state index is 11.9. The van der Waals surface area contributed by atoms with E-state index < -0.39 is 5.97 Å². The molecule has 0 spiro atoms. The van der Waals surface area contributed by atoms with Crippen LogP contribution in [-0.2, 0) is 14.4 Å². The van der Waals surface area contributed by atoms with Gasteiger partial charge >= 0.3 is 5.97 Å². The third kappa shape index (κ3) is 3.45. The van der Waals surface area contributed by atoms with E-state index in [9.17, 15) is 14.4 Å². The minimum atomic E-state index is -0.762. The summed E-state index contributed by atoms with van der Waals surface area (Å²) in [6, 6.07) is 0. The molecule has 19 heavy (non-hydrogen) atoms. The fourth-order valence-electron chi connectivity index (χ4n) is 2.94. The number of aliphatic carboxylic acids is 1. The smallest absolute Gasteiger partial charge is 0.306 e. The molecule has 0 bridgehead atoms. The van der Waals surface area contributed by atoms with E-state index in [0.29, 0.717) is 32.4 Å². The van der Waals surface area contributed by atoms with Crippen molar-refractivity contribution < 1.29 is 19.5 Å². The van der Waals surface area contributed by atoms with Crippen LogP contribution in [0.4, 0.5) is 0 Å². The van der Waals surface area contributed by atoms with E-state index in [1.807, 2.05) is 0 Å². The number of nitrogens with one attached hydrogen (secondary N) is 2. The second-order valence-corrected chi connectivity index (χ2v) is 5.42. The van der Waals surface area contributed by atoms with E-state index in [0.717, 1.165) is 12.8 Å². The first kappa shape index (κ1) is 13.8. The highest BCUT2D eigenvalue weighted by Gasteiger charge is 2.33. The summed E-state index contributed by atoms with van der Waals surface area (Å²) in [6.45, 7) is 0.817. The Labute approximate surface area is 111 Å². The lowest BCUT2D eigenvalue weighted by molar-refractivity contribution is -0.143. The number of carboxylic acid groups (broad SMARTS) is 1. The second-order valence-electron chi connectivity index (χ2n) is 5.42. The molecule has 2 fully saturated rings. The van der Waals surface area contributed by atoms with Gasteiger partial charge in [0.15, 0.2) is 0 Å². The standard InChI is InChI=1S/C13H20N2O4/c16-11-5-4-9(7-14-11)12(17)15-6-8-2-1-3-10(8)13(18)19/h8-10H,1-7H2,(H,14,16)(H,15,17)(H,18,19). The van der Waals surface area contributed by atoms with Gasteiger partial charge in [0.2, 0.25) is 11.8 Å². The molecule has 2 rings (SSSR count). The summed E-state index contributed by atoms with van der Waals surface area (Å²) in [7, 11) is 0. The predicted molar refractivity (Wildman–Crippen MR) is 67.2 cm³/mol. The van der Waals surface area contributed by atoms with E-state index in [4.69, 9.17) is 5.11 Å². The zero-order valence-electron chi connectivity index (χ0n) is 10.9. The van der Waals surface area contributed by atoms with Gasteiger partial charge in [0.25, 0.3) is 0 Å². The predicted octanol–water partition coefficient (Wildman–Crippen LogP) is 0.130. The van der Waals surface area contributed by atoms with Crippen molar-refractivity contribution in [2.24, 2.45) is 17.8 Å². The summed E-state index contributed by atoms with van der Waals surface area (Å²) in [4.78, 5) is 34.0. The van der Waals surface area contributed by atoms with Crippen molar-refractivity contribution in [3.8, 4) is 0 Å². The van der Waals surface area contributed by atoms with E-state index in [1.165, 1.54) is 0 Å². The summed E-state index contributed by atoms with van der Waals surface area (Å²) in [5, 5.41) is 14.6. The minimum absolute atomic E-state index is 0.00853. The fourth-order valence-corrected chi connectivity index (χ4v) is 2.94. The van der Waals surface area contributed by atoms with E-state index in [2.05, 4.69) is 10.6 Å². The minimum Gasteiger partial charge on any atom is -0.481 e. The highest BCUT2D eigenvalue weighted by molar-refractivity contribution is 5.83. The Morgan fingerprint density at radius 3 is 2.74 bits per heavy atom. The van der Waals surface area contributed by atoms with Crippen LogP contribution in [-0.4, -0.2) is 36.0 Å². The molecule has 0 aromatic heterocycles. The Hall–Kier alpha value is -1.59. The van der Waals surface area contributed by atoms with Crippen LogP contribution in [0.1, 0.15) is 32.1 Å². The van der Waals surface area contributed by atoms with Crippen molar-refractivity contribution in [2.75, 3.05) is 13.1 Å². The van der Waals surface area contributed by atoms with Crippen LogP contribution in [0, 0.1) is 17.8 Å². The fraction of sp³-hybridized carbons (Fsp3) is 0.769. The van der Waals surface area contributed by atoms with Crippen molar-refractivity contribution in [2.45, 2.75) is 32.1 Å². The van der Waals surface area contributed by atoms with Crippen molar-refractivity contribution in [3.63, 3.8) is 0 Å². The maximum Gasteiger partial charge on any atom is 0.306 e. The van der Waals surface area contributed by atoms with E-state index >= 15 is 0 Å². The van der Waals surface area contributed by atoms with Gasteiger partial charge < -0.3 is 15.7 Å². The van der Waals surface area contributed by atoms with Gasteiger partial charge in [0.1, 0.15) is 0 Å². The maximum atomic E-state index is 11.9. The third-order valence-corrected chi connectivity index (χ3v) is 4.15. The van der Waals surface area contributed by atoms with Crippen molar-refractivity contribution >= 4 is 17.8 Å². The van der Waals surface area contributed by atoms with Crippen LogP contribution in [0.3, 0.4) is 0 Å². The molecule has 2 amide bonds. The molecule has 3 N–H and O–H groups in total. The van der Waals surface area contributed by atoms with E-state index in [1.54, 1.807) is 0 Å². The summed E-state index contributed by atoms with van der Waals surface area (Å²) in [6.07, 6.45) is 3.44. The van der Waals surface area contributed by atoms with Gasteiger partial charge in [0, 0.05) is 19.5 Å². The monoisotopic (exact) mass is 268 g/mol. The molecule has 1 aliphatic heterocycles. The van der Waals surface area contributed by atoms with Crippen molar-refractivity contribution in [3.05, 3.63) is 0 Å². The number of amides is 2. The molecule has 1 heterocycles. The number of rotatable bonds is 4. The normalized spacial score (nSPS) is 30.7. The van der Waals surface area contributed by atoms with Gasteiger partial charge in [-0.25, -0.2) is 0 Å². The summed E-state index contributed by atoms with van der Waals surface area (Å²) >= 11 is 0. The molecule has 3 unspecified atom stereocenters. The third-order valence-electron chi connectivity index (χ3n) is 4.15. The number of hydrogen-bond donors (Lipinski definition) is 3. The van der Waals surface area contributed by atoms with Gasteiger partial charge in [-0.15, -0.1) is 0 Å². The molecule has 1 saturated heterocycles. The van der Waals surface area contributed by atoms with Gasteiger partial charge in [-0.05, 0) is 25.2 Å². The first-order valence-electron chi connectivity index (χ1n) is 6.85. The average Bonchev–Trinajstić information content (AvgIpc) is 2.85.